The van der Waals surface area contributed by atoms with E-state index < -0.39 is 0 Å². The summed E-state index contributed by atoms with van der Waals surface area (Å²) >= 11 is 0. The predicted molar refractivity (Wildman–Crippen MR) is 60.2 cm³/mol. The maximum atomic E-state index is 11.7. The van der Waals surface area contributed by atoms with E-state index in [1.165, 1.54) is 5.57 Å². The van der Waals surface area contributed by atoms with Gasteiger partial charge in [0.2, 0.25) is 0 Å². The lowest BCUT2D eigenvalue weighted by Crippen LogP contribution is -2.28. The highest BCUT2D eigenvalue weighted by molar-refractivity contribution is 5.96. The molecule has 1 unspecified atom stereocenters. The molecule has 1 heteroatoms. The van der Waals surface area contributed by atoms with E-state index in [9.17, 15) is 4.79 Å². The maximum absolute atomic E-state index is 11.7. The van der Waals surface area contributed by atoms with Crippen molar-refractivity contribution in [1.29, 1.82) is 0 Å². The summed E-state index contributed by atoms with van der Waals surface area (Å²) in [6, 6.07) is 0. The van der Waals surface area contributed by atoms with E-state index in [2.05, 4.69) is 27.7 Å². The minimum absolute atomic E-state index is 0.230. The predicted octanol–water partition coefficient (Wildman–Crippen LogP) is 3.74. The number of Topliss-reactive ketones (excluding diaryl/α,β-unsaturated/α-hetero) is 1. The first kappa shape index (κ1) is 11.5. The molecule has 0 N–H and O–H groups in total. The van der Waals surface area contributed by atoms with E-state index >= 15 is 0 Å². The van der Waals surface area contributed by atoms with Gasteiger partial charge in [-0.2, -0.15) is 0 Å². The minimum Gasteiger partial charge on any atom is -0.295 e. The molecule has 0 amide bonds. The van der Waals surface area contributed by atoms with E-state index in [4.69, 9.17) is 0 Å². The molecule has 0 radical (unpaired) electrons. The molecule has 0 fully saturated rings. The highest BCUT2D eigenvalue weighted by Crippen LogP contribution is 2.43. The van der Waals surface area contributed by atoms with Crippen molar-refractivity contribution in [2.75, 3.05) is 0 Å². The van der Waals surface area contributed by atoms with Gasteiger partial charge in [-0.15, -0.1) is 0 Å². The monoisotopic (exact) mass is 194 g/mol. The first-order valence-corrected chi connectivity index (χ1v) is 5.64. The van der Waals surface area contributed by atoms with Crippen molar-refractivity contribution < 1.29 is 4.79 Å². The normalized spacial score (nSPS) is 23.9. The zero-order chi connectivity index (χ0) is 10.9. The molecular formula is C13H22O. The van der Waals surface area contributed by atoms with Crippen LogP contribution in [0.1, 0.15) is 53.9 Å². The average Bonchev–Trinajstić information content (AvgIpc) is 2.11. The number of rotatable bonds is 2. The molecule has 0 bridgehead atoms. The van der Waals surface area contributed by atoms with Gasteiger partial charge in [-0.1, -0.05) is 33.3 Å². The van der Waals surface area contributed by atoms with Crippen LogP contribution in [0.3, 0.4) is 0 Å². The lowest BCUT2D eigenvalue weighted by Gasteiger charge is -2.37. The fourth-order valence-corrected chi connectivity index (χ4v) is 2.65. The van der Waals surface area contributed by atoms with Gasteiger partial charge in [-0.3, -0.25) is 4.79 Å². The molecule has 0 heterocycles. The lowest BCUT2D eigenvalue weighted by molar-refractivity contribution is -0.116. The van der Waals surface area contributed by atoms with Crippen molar-refractivity contribution in [1.82, 2.24) is 0 Å². The van der Waals surface area contributed by atoms with Crippen LogP contribution in [0.2, 0.25) is 0 Å². The van der Waals surface area contributed by atoms with Crippen molar-refractivity contribution in [2.45, 2.75) is 53.9 Å². The first-order valence-electron chi connectivity index (χ1n) is 5.64. The van der Waals surface area contributed by atoms with Crippen LogP contribution in [0.5, 0.6) is 0 Å². The second kappa shape index (κ2) is 3.88. The fraction of sp³-hybridized carbons (Fsp3) is 0.769. The van der Waals surface area contributed by atoms with Gasteiger partial charge in [0.25, 0.3) is 0 Å². The Morgan fingerprint density at radius 2 is 2.00 bits per heavy atom. The topological polar surface area (TPSA) is 17.1 Å². The Morgan fingerprint density at radius 1 is 1.43 bits per heavy atom. The molecule has 1 rings (SSSR count). The molecule has 14 heavy (non-hydrogen) atoms. The number of carbonyl (C=O) groups excluding carboxylic acids is 1. The molecule has 80 valence electrons. The van der Waals surface area contributed by atoms with Crippen molar-refractivity contribution in [3.8, 4) is 0 Å². The van der Waals surface area contributed by atoms with E-state index in [1.807, 2.05) is 6.92 Å². The molecule has 0 spiro atoms. The molecule has 0 saturated carbocycles. The second-order valence-electron chi connectivity index (χ2n) is 5.16. The van der Waals surface area contributed by atoms with Crippen molar-refractivity contribution in [3.05, 3.63) is 11.1 Å². The Morgan fingerprint density at radius 3 is 2.50 bits per heavy atom. The summed E-state index contributed by atoms with van der Waals surface area (Å²) in [6.45, 7) is 11.0. The third kappa shape index (κ3) is 1.92. The summed E-state index contributed by atoms with van der Waals surface area (Å²) < 4.78 is 0. The highest BCUT2D eigenvalue weighted by atomic mass is 16.1. The summed E-state index contributed by atoms with van der Waals surface area (Å²) in [5.74, 6) is 0.911. The first-order chi connectivity index (χ1) is 6.40. The van der Waals surface area contributed by atoms with E-state index in [0.29, 0.717) is 11.7 Å². The van der Waals surface area contributed by atoms with Crippen molar-refractivity contribution in [2.24, 2.45) is 11.3 Å². The Labute approximate surface area is 87.6 Å². The summed E-state index contributed by atoms with van der Waals surface area (Å²) in [5, 5.41) is 0. The van der Waals surface area contributed by atoms with Gasteiger partial charge in [0.1, 0.15) is 0 Å². The van der Waals surface area contributed by atoms with Crippen LogP contribution >= 0.6 is 0 Å². The van der Waals surface area contributed by atoms with E-state index in [0.717, 1.165) is 24.8 Å². The zero-order valence-electron chi connectivity index (χ0n) is 10.1. The van der Waals surface area contributed by atoms with E-state index in [1.54, 1.807) is 0 Å². The molecule has 0 aromatic rings. The van der Waals surface area contributed by atoms with Gasteiger partial charge >= 0.3 is 0 Å². The summed E-state index contributed by atoms with van der Waals surface area (Å²) in [4.78, 5) is 11.7. The highest BCUT2D eigenvalue weighted by Gasteiger charge is 2.34. The van der Waals surface area contributed by atoms with Crippen LogP contribution in [0.25, 0.3) is 0 Å². The molecule has 0 aromatic heterocycles. The van der Waals surface area contributed by atoms with Gasteiger partial charge < -0.3 is 0 Å². The third-order valence-corrected chi connectivity index (χ3v) is 3.63. The van der Waals surface area contributed by atoms with Crippen molar-refractivity contribution in [3.63, 3.8) is 0 Å². The molecule has 0 aliphatic heterocycles. The summed E-state index contributed by atoms with van der Waals surface area (Å²) in [7, 11) is 0. The molecule has 0 aromatic carbocycles. The number of hydrogen-bond donors (Lipinski definition) is 0. The molecule has 1 nitrogen and oxygen atoms in total. The van der Waals surface area contributed by atoms with Gasteiger partial charge in [-0.25, -0.2) is 0 Å². The maximum Gasteiger partial charge on any atom is 0.158 e. The smallest absolute Gasteiger partial charge is 0.158 e. The number of hydrogen-bond acceptors (Lipinski definition) is 1. The largest absolute Gasteiger partial charge is 0.295 e. The van der Waals surface area contributed by atoms with Crippen LogP contribution in [-0.2, 0) is 4.79 Å². The number of carbonyl (C=O) groups is 1. The average molecular weight is 194 g/mol. The lowest BCUT2D eigenvalue weighted by atomic mass is 9.67. The Balaban J connectivity index is 3.15. The van der Waals surface area contributed by atoms with Crippen LogP contribution in [-0.4, -0.2) is 5.78 Å². The molecule has 0 saturated heterocycles. The van der Waals surface area contributed by atoms with Crippen LogP contribution in [0, 0.1) is 11.3 Å². The van der Waals surface area contributed by atoms with Crippen LogP contribution < -0.4 is 0 Å². The summed E-state index contributed by atoms with van der Waals surface area (Å²) in [5.41, 5.74) is 2.67. The second-order valence-corrected chi connectivity index (χ2v) is 5.16. The zero-order valence-corrected chi connectivity index (χ0v) is 10.1. The Hall–Kier alpha value is -0.590. The van der Waals surface area contributed by atoms with Gasteiger partial charge in [0.15, 0.2) is 5.78 Å². The standard InChI is InChI=1S/C13H22O/c1-6-9(2)12-10(3)11(14)7-8-13(12,4)5/h9H,6-8H2,1-5H3. The summed E-state index contributed by atoms with van der Waals surface area (Å²) in [6.07, 6.45) is 2.88. The van der Waals surface area contributed by atoms with Crippen LogP contribution in [0.15, 0.2) is 11.1 Å². The number of allylic oxidation sites excluding steroid dienone is 2. The van der Waals surface area contributed by atoms with Crippen molar-refractivity contribution >= 4 is 5.78 Å². The minimum atomic E-state index is 0.230. The molecule has 1 aliphatic carbocycles. The van der Waals surface area contributed by atoms with Gasteiger partial charge in [0, 0.05) is 6.42 Å². The fourth-order valence-electron chi connectivity index (χ4n) is 2.65. The van der Waals surface area contributed by atoms with Crippen LogP contribution in [0.4, 0.5) is 0 Å². The molecule has 1 atom stereocenters. The SMILES string of the molecule is CCC(C)C1=C(C)C(=O)CCC1(C)C. The molecule has 1 aliphatic rings. The Kier molecular flexibility index (Phi) is 3.18. The van der Waals surface area contributed by atoms with Gasteiger partial charge in [-0.05, 0) is 36.7 Å². The number of ketones is 1. The Bertz CT molecular complexity index is 271. The molecular weight excluding hydrogens is 172 g/mol. The van der Waals surface area contributed by atoms with E-state index in [-0.39, 0.29) is 5.41 Å². The third-order valence-electron chi connectivity index (χ3n) is 3.63. The van der Waals surface area contributed by atoms with Gasteiger partial charge in [0.05, 0.1) is 0 Å². The quantitative estimate of drug-likeness (QED) is 0.654.